The van der Waals surface area contributed by atoms with Gasteiger partial charge in [0.1, 0.15) is 11.9 Å². The number of benzene rings is 1. The van der Waals surface area contributed by atoms with E-state index < -0.39 is 0 Å². The number of nitrogens with zero attached hydrogens (tertiary/aromatic N) is 2. The summed E-state index contributed by atoms with van der Waals surface area (Å²) in [6.07, 6.45) is 4.67. The number of pyridine rings is 1. The van der Waals surface area contributed by atoms with E-state index in [0.29, 0.717) is 10.6 Å². The Morgan fingerprint density at radius 1 is 1.26 bits per heavy atom. The molecule has 1 aromatic heterocycles. The second-order valence-corrected chi connectivity index (χ2v) is 5.01. The lowest BCUT2D eigenvalue weighted by Gasteiger charge is -2.11. The highest BCUT2D eigenvalue weighted by atomic mass is 35.5. The van der Waals surface area contributed by atoms with Gasteiger partial charge in [-0.3, -0.25) is 0 Å². The van der Waals surface area contributed by atoms with Gasteiger partial charge in [-0.05, 0) is 48.6 Å². The van der Waals surface area contributed by atoms with Gasteiger partial charge in [0.15, 0.2) is 0 Å². The summed E-state index contributed by atoms with van der Waals surface area (Å²) in [7, 11) is 0. The molecule has 0 bridgehead atoms. The van der Waals surface area contributed by atoms with Crippen LogP contribution in [0.3, 0.4) is 0 Å². The number of aromatic nitrogens is 1. The van der Waals surface area contributed by atoms with Crippen LogP contribution in [0.2, 0.25) is 5.02 Å². The topological polar surface area (TPSA) is 48.7 Å². The minimum atomic E-state index is 0.690. The molecular weight excluding hydrogens is 258 g/mol. The molecule has 0 fully saturated rings. The van der Waals surface area contributed by atoms with Gasteiger partial charge in [-0.2, -0.15) is 5.26 Å². The highest BCUT2D eigenvalue weighted by molar-refractivity contribution is 6.30. The summed E-state index contributed by atoms with van der Waals surface area (Å²) < 4.78 is 0. The Kier molecular flexibility index (Phi) is 3.10. The lowest BCUT2D eigenvalue weighted by molar-refractivity contribution is 0.911. The normalized spacial score (nSPS) is 12.8. The Morgan fingerprint density at radius 3 is 2.89 bits per heavy atom. The summed E-state index contributed by atoms with van der Waals surface area (Å²) in [5.74, 6) is 0.841. The highest BCUT2D eigenvalue weighted by Gasteiger charge is 2.19. The summed E-state index contributed by atoms with van der Waals surface area (Å²) in [5.41, 5.74) is 3.92. The van der Waals surface area contributed by atoms with E-state index in [0.717, 1.165) is 36.3 Å². The molecule has 0 radical (unpaired) electrons. The fourth-order valence-electron chi connectivity index (χ4n) is 2.49. The number of fused-ring (bicyclic) bond motifs is 1. The molecule has 19 heavy (non-hydrogen) atoms. The van der Waals surface area contributed by atoms with Crippen molar-refractivity contribution >= 4 is 23.1 Å². The monoisotopic (exact) mass is 269 g/mol. The molecule has 3 nitrogen and oxygen atoms in total. The van der Waals surface area contributed by atoms with Crippen molar-refractivity contribution in [1.82, 2.24) is 4.98 Å². The summed E-state index contributed by atoms with van der Waals surface area (Å²) in [4.78, 5) is 4.37. The number of nitrogens with one attached hydrogen (secondary N) is 1. The van der Waals surface area contributed by atoms with Crippen molar-refractivity contribution < 1.29 is 0 Å². The Morgan fingerprint density at radius 2 is 2.11 bits per heavy atom. The summed E-state index contributed by atoms with van der Waals surface area (Å²) in [6, 6.07) is 9.77. The minimum Gasteiger partial charge on any atom is -0.340 e. The number of halogens is 1. The smallest absolute Gasteiger partial charge is 0.133 e. The third kappa shape index (κ3) is 2.27. The van der Waals surface area contributed by atoms with E-state index in [2.05, 4.69) is 16.4 Å². The van der Waals surface area contributed by atoms with Crippen LogP contribution in [-0.2, 0) is 12.8 Å². The maximum absolute atomic E-state index is 9.09. The zero-order chi connectivity index (χ0) is 13.2. The van der Waals surface area contributed by atoms with Crippen LogP contribution in [-0.4, -0.2) is 4.98 Å². The molecule has 1 heterocycles. The molecular formula is C15H12ClN3. The predicted molar refractivity (Wildman–Crippen MR) is 75.7 cm³/mol. The van der Waals surface area contributed by atoms with Crippen molar-refractivity contribution in [1.29, 1.82) is 5.26 Å². The number of rotatable bonds is 2. The lowest BCUT2D eigenvalue weighted by Crippen LogP contribution is -2.00. The molecule has 1 N–H and O–H groups in total. The van der Waals surface area contributed by atoms with Crippen LogP contribution in [0.5, 0.6) is 0 Å². The third-order valence-electron chi connectivity index (χ3n) is 3.36. The van der Waals surface area contributed by atoms with Crippen molar-refractivity contribution in [3.8, 4) is 6.07 Å². The van der Waals surface area contributed by atoms with E-state index >= 15 is 0 Å². The Labute approximate surface area is 116 Å². The van der Waals surface area contributed by atoms with Crippen molar-refractivity contribution in [3.05, 3.63) is 52.2 Å². The zero-order valence-corrected chi connectivity index (χ0v) is 11.0. The Bertz CT molecular complexity index is 674. The van der Waals surface area contributed by atoms with E-state index in [1.165, 1.54) is 5.56 Å². The first-order valence-corrected chi connectivity index (χ1v) is 6.59. The quantitative estimate of drug-likeness (QED) is 0.901. The van der Waals surface area contributed by atoms with Crippen molar-refractivity contribution in [2.75, 3.05) is 5.32 Å². The van der Waals surface area contributed by atoms with E-state index in [-0.39, 0.29) is 0 Å². The van der Waals surface area contributed by atoms with Gasteiger partial charge in [-0.15, -0.1) is 0 Å². The van der Waals surface area contributed by atoms with E-state index in [9.17, 15) is 0 Å². The second kappa shape index (κ2) is 4.91. The van der Waals surface area contributed by atoms with Gasteiger partial charge in [0.05, 0.1) is 5.56 Å². The zero-order valence-electron chi connectivity index (χ0n) is 10.3. The fraction of sp³-hybridized carbons (Fsp3) is 0.200. The molecule has 0 spiro atoms. The lowest BCUT2D eigenvalue weighted by atomic mass is 10.1. The predicted octanol–water partition coefficient (Wildman–Crippen LogP) is 3.84. The van der Waals surface area contributed by atoms with Gasteiger partial charge in [-0.25, -0.2) is 4.98 Å². The summed E-state index contributed by atoms with van der Waals surface area (Å²) >= 11 is 5.97. The van der Waals surface area contributed by atoms with Crippen LogP contribution < -0.4 is 5.32 Å². The molecule has 0 aliphatic heterocycles. The largest absolute Gasteiger partial charge is 0.340 e. The molecule has 2 aromatic rings. The number of anilines is 2. The van der Waals surface area contributed by atoms with Crippen molar-refractivity contribution in [3.63, 3.8) is 0 Å². The van der Waals surface area contributed by atoms with Crippen molar-refractivity contribution in [2.24, 2.45) is 0 Å². The molecule has 94 valence electrons. The fourth-order valence-corrected chi connectivity index (χ4v) is 2.68. The van der Waals surface area contributed by atoms with Gasteiger partial charge in [0.25, 0.3) is 0 Å². The minimum absolute atomic E-state index is 0.690. The molecule has 0 unspecified atom stereocenters. The van der Waals surface area contributed by atoms with E-state index in [1.54, 1.807) is 6.20 Å². The van der Waals surface area contributed by atoms with Gasteiger partial charge in [-0.1, -0.05) is 17.7 Å². The Balaban J connectivity index is 1.99. The molecule has 4 heteroatoms. The van der Waals surface area contributed by atoms with Crippen LogP contribution in [0.25, 0.3) is 0 Å². The first-order chi connectivity index (χ1) is 9.28. The van der Waals surface area contributed by atoms with Crippen LogP contribution >= 0.6 is 11.6 Å². The van der Waals surface area contributed by atoms with E-state index in [4.69, 9.17) is 16.9 Å². The maximum atomic E-state index is 9.09. The van der Waals surface area contributed by atoms with Crippen LogP contribution in [0.15, 0.2) is 30.5 Å². The summed E-state index contributed by atoms with van der Waals surface area (Å²) in [5, 5.41) is 13.1. The molecule has 0 atom stereocenters. The number of hydrogen-bond acceptors (Lipinski definition) is 3. The second-order valence-electron chi connectivity index (χ2n) is 4.58. The maximum Gasteiger partial charge on any atom is 0.133 e. The number of nitriles is 1. The third-order valence-corrected chi connectivity index (χ3v) is 3.59. The molecule has 1 aliphatic rings. The molecule has 0 saturated carbocycles. The molecule has 0 amide bonds. The van der Waals surface area contributed by atoms with Crippen LogP contribution in [0.4, 0.5) is 11.5 Å². The average molecular weight is 270 g/mol. The van der Waals surface area contributed by atoms with Gasteiger partial charge < -0.3 is 5.32 Å². The Hall–Kier alpha value is -2.05. The molecule has 1 aliphatic carbocycles. The van der Waals surface area contributed by atoms with Crippen LogP contribution in [0.1, 0.15) is 23.1 Å². The SMILES string of the molecule is N#Cc1cnc(Nc2cccc(Cl)c2)c2c1CCC2. The highest BCUT2D eigenvalue weighted by Crippen LogP contribution is 2.31. The number of hydrogen-bond donors (Lipinski definition) is 1. The summed E-state index contributed by atoms with van der Waals surface area (Å²) in [6.45, 7) is 0. The van der Waals surface area contributed by atoms with Crippen molar-refractivity contribution in [2.45, 2.75) is 19.3 Å². The van der Waals surface area contributed by atoms with Crippen LogP contribution in [0, 0.1) is 11.3 Å². The van der Waals surface area contributed by atoms with Gasteiger partial charge >= 0.3 is 0 Å². The molecule has 3 rings (SSSR count). The first kappa shape index (κ1) is 12.0. The molecule has 1 aromatic carbocycles. The first-order valence-electron chi connectivity index (χ1n) is 6.21. The van der Waals surface area contributed by atoms with Gasteiger partial charge in [0.2, 0.25) is 0 Å². The standard InChI is InChI=1S/C15H12ClN3/c16-11-3-1-4-12(7-11)19-15-14-6-2-5-13(14)10(8-17)9-18-15/h1,3-4,7,9H,2,5-6H2,(H,18,19). The van der Waals surface area contributed by atoms with Gasteiger partial charge in [0, 0.05) is 16.9 Å². The average Bonchev–Trinajstić information content (AvgIpc) is 2.89. The van der Waals surface area contributed by atoms with E-state index in [1.807, 2.05) is 24.3 Å². The molecule has 0 saturated heterocycles.